The number of halogens is 1. The van der Waals surface area contributed by atoms with E-state index in [0.717, 1.165) is 42.7 Å². The van der Waals surface area contributed by atoms with E-state index in [9.17, 15) is 4.39 Å². The molecule has 2 aliphatic rings. The van der Waals surface area contributed by atoms with E-state index in [4.69, 9.17) is 4.74 Å². The first kappa shape index (κ1) is 13.7. The van der Waals surface area contributed by atoms with Crippen LogP contribution in [0.25, 0.3) is 0 Å². The highest BCUT2D eigenvalue weighted by Gasteiger charge is 2.25. The lowest BCUT2D eigenvalue weighted by Crippen LogP contribution is -2.06. The fourth-order valence-corrected chi connectivity index (χ4v) is 2.59. The standard InChI is InChI=1S/C18H23FO/c1-13-15(8-3-2-5-14-6-4-7-14)9-12-17(18(13)19)20-16-10-11-16/h2,5,9,12,14,16H,3-4,6-8,10-11H2,1H3/b5-2+. The molecule has 20 heavy (non-hydrogen) atoms. The van der Waals surface area contributed by atoms with Gasteiger partial charge in [-0.15, -0.1) is 0 Å². The summed E-state index contributed by atoms with van der Waals surface area (Å²) in [4.78, 5) is 0. The van der Waals surface area contributed by atoms with Crippen LogP contribution < -0.4 is 4.74 Å². The number of benzene rings is 1. The molecule has 0 N–H and O–H groups in total. The average Bonchev–Trinajstić information content (AvgIpc) is 3.19. The summed E-state index contributed by atoms with van der Waals surface area (Å²) in [6.45, 7) is 1.86. The molecule has 0 radical (unpaired) electrons. The second kappa shape index (κ2) is 5.99. The lowest BCUT2D eigenvalue weighted by atomic mass is 9.85. The van der Waals surface area contributed by atoms with Crippen molar-refractivity contribution in [2.45, 2.75) is 58.0 Å². The molecule has 0 atom stereocenters. The minimum absolute atomic E-state index is 0.169. The molecule has 1 aromatic carbocycles. The van der Waals surface area contributed by atoms with Crippen molar-refractivity contribution >= 4 is 0 Å². The monoisotopic (exact) mass is 274 g/mol. The summed E-state index contributed by atoms with van der Waals surface area (Å²) in [6.07, 6.45) is 12.9. The molecule has 2 fully saturated rings. The van der Waals surface area contributed by atoms with Gasteiger partial charge in [0.15, 0.2) is 11.6 Å². The van der Waals surface area contributed by atoms with E-state index in [1.165, 1.54) is 19.3 Å². The molecule has 0 aromatic heterocycles. The van der Waals surface area contributed by atoms with Crippen molar-refractivity contribution in [1.82, 2.24) is 0 Å². The maximum Gasteiger partial charge on any atom is 0.168 e. The van der Waals surface area contributed by atoms with Gasteiger partial charge in [0.25, 0.3) is 0 Å². The summed E-state index contributed by atoms with van der Waals surface area (Å²) in [6, 6.07) is 3.82. The van der Waals surface area contributed by atoms with Gasteiger partial charge in [-0.2, -0.15) is 0 Å². The Morgan fingerprint density at radius 3 is 2.70 bits per heavy atom. The van der Waals surface area contributed by atoms with E-state index in [0.29, 0.717) is 5.75 Å². The Labute approximate surface area is 120 Å². The fraction of sp³-hybridized carbons (Fsp3) is 0.556. The van der Waals surface area contributed by atoms with Gasteiger partial charge in [0.2, 0.25) is 0 Å². The van der Waals surface area contributed by atoms with Crippen LogP contribution >= 0.6 is 0 Å². The number of rotatable bonds is 6. The summed E-state index contributed by atoms with van der Waals surface area (Å²) in [5.41, 5.74) is 1.85. The summed E-state index contributed by atoms with van der Waals surface area (Å²) < 4.78 is 19.8. The lowest BCUT2D eigenvalue weighted by molar-refractivity contribution is 0.286. The van der Waals surface area contributed by atoms with Crippen molar-refractivity contribution in [2.75, 3.05) is 0 Å². The summed E-state index contributed by atoms with van der Waals surface area (Å²) >= 11 is 0. The molecule has 0 aliphatic heterocycles. The van der Waals surface area contributed by atoms with Crippen LogP contribution in [-0.4, -0.2) is 6.10 Å². The van der Waals surface area contributed by atoms with Gasteiger partial charge in [-0.25, -0.2) is 4.39 Å². The van der Waals surface area contributed by atoms with Crippen molar-refractivity contribution < 1.29 is 9.13 Å². The summed E-state index contributed by atoms with van der Waals surface area (Å²) in [5.74, 6) is 1.07. The third-order valence-electron chi connectivity index (χ3n) is 4.42. The topological polar surface area (TPSA) is 9.23 Å². The van der Waals surface area contributed by atoms with Crippen molar-refractivity contribution in [3.05, 3.63) is 41.2 Å². The SMILES string of the molecule is Cc1c(CC/C=C/C2CCC2)ccc(OC2CC2)c1F. The van der Waals surface area contributed by atoms with Crippen LogP contribution in [0.2, 0.25) is 0 Å². The molecule has 1 nitrogen and oxygen atoms in total. The highest BCUT2D eigenvalue weighted by molar-refractivity contribution is 5.37. The molecule has 0 spiro atoms. The normalized spacial score (nSPS) is 19.3. The van der Waals surface area contributed by atoms with Crippen LogP contribution in [0, 0.1) is 18.7 Å². The second-order valence-electron chi connectivity index (χ2n) is 6.14. The molecular formula is C18H23FO. The molecule has 1 aromatic rings. The van der Waals surface area contributed by atoms with Crippen LogP contribution in [0.5, 0.6) is 5.75 Å². The van der Waals surface area contributed by atoms with E-state index in [1.807, 2.05) is 13.0 Å². The Bertz CT molecular complexity index is 498. The fourth-order valence-electron chi connectivity index (χ4n) is 2.59. The molecule has 108 valence electrons. The maximum absolute atomic E-state index is 14.2. The van der Waals surface area contributed by atoms with E-state index >= 15 is 0 Å². The van der Waals surface area contributed by atoms with Gasteiger partial charge in [0.1, 0.15) is 0 Å². The minimum Gasteiger partial charge on any atom is -0.487 e. The van der Waals surface area contributed by atoms with Crippen molar-refractivity contribution in [3.63, 3.8) is 0 Å². The third kappa shape index (κ3) is 3.23. The van der Waals surface area contributed by atoms with Gasteiger partial charge in [0.05, 0.1) is 6.10 Å². The van der Waals surface area contributed by atoms with Crippen molar-refractivity contribution in [1.29, 1.82) is 0 Å². The van der Waals surface area contributed by atoms with Gasteiger partial charge in [-0.3, -0.25) is 0 Å². The first-order valence-corrected chi connectivity index (χ1v) is 7.85. The molecular weight excluding hydrogens is 251 g/mol. The Balaban J connectivity index is 1.57. The predicted molar refractivity (Wildman–Crippen MR) is 79.6 cm³/mol. The lowest BCUT2D eigenvalue weighted by Gasteiger charge is -2.21. The Kier molecular flexibility index (Phi) is 4.09. The minimum atomic E-state index is -0.169. The van der Waals surface area contributed by atoms with Crippen LogP contribution in [-0.2, 0) is 6.42 Å². The van der Waals surface area contributed by atoms with Gasteiger partial charge in [-0.05, 0) is 68.6 Å². The molecule has 0 bridgehead atoms. The Morgan fingerprint density at radius 1 is 1.25 bits per heavy atom. The van der Waals surface area contributed by atoms with E-state index < -0.39 is 0 Å². The van der Waals surface area contributed by atoms with Gasteiger partial charge in [-0.1, -0.05) is 24.6 Å². The number of aryl methyl sites for hydroxylation is 1. The molecule has 2 heteroatoms. The zero-order valence-corrected chi connectivity index (χ0v) is 12.2. The summed E-state index contributed by atoms with van der Waals surface area (Å²) in [5, 5.41) is 0. The predicted octanol–water partition coefficient (Wildman–Crippen LogP) is 4.96. The van der Waals surface area contributed by atoms with Crippen molar-refractivity contribution in [3.8, 4) is 5.75 Å². The maximum atomic E-state index is 14.2. The number of ether oxygens (including phenoxy) is 1. The van der Waals surface area contributed by atoms with E-state index in [1.54, 1.807) is 6.07 Å². The second-order valence-corrected chi connectivity index (χ2v) is 6.14. The molecule has 0 heterocycles. The Hall–Kier alpha value is -1.31. The smallest absolute Gasteiger partial charge is 0.168 e. The molecule has 2 saturated carbocycles. The van der Waals surface area contributed by atoms with E-state index in [-0.39, 0.29) is 11.9 Å². The molecule has 2 aliphatic carbocycles. The van der Waals surface area contributed by atoms with Crippen LogP contribution in [0.1, 0.15) is 49.7 Å². The molecule has 3 rings (SSSR count). The number of allylic oxidation sites excluding steroid dienone is 2. The van der Waals surface area contributed by atoms with Crippen LogP contribution in [0.4, 0.5) is 4.39 Å². The van der Waals surface area contributed by atoms with Crippen LogP contribution in [0.3, 0.4) is 0 Å². The van der Waals surface area contributed by atoms with Gasteiger partial charge < -0.3 is 4.74 Å². The Morgan fingerprint density at radius 2 is 2.05 bits per heavy atom. The highest BCUT2D eigenvalue weighted by Crippen LogP contribution is 2.31. The van der Waals surface area contributed by atoms with Crippen LogP contribution in [0.15, 0.2) is 24.3 Å². The zero-order chi connectivity index (χ0) is 13.9. The van der Waals surface area contributed by atoms with E-state index in [2.05, 4.69) is 12.2 Å². The average molecular weight is 274 g/mol. The first-order chi connectivity index (χ1) is 9.74. The van der Waals surface area contributed by atoms with Gasteiger partial charge in [0, 0.05) is 0 Å². The first-order valence-electron chi connectivity index (χ1n) is 7.85. The molecule has 0 unspecified atom stereocenters. The van der Waals surface area contributed by atoms with Gasteiger partial charge >= 0.3 is 0 Å². The largest absolute Gasteiger partial charge is 0.487 e. The molecule has 0 amide bonds. The highest BCUT2D eigenvalue weighted by atomic mass is 19.1. The number of hydrogen-bond donors (Lipinski definition) is 0. The van der Waals surface area contributed by atoms with Crippen molar-refractivity contribution in [2.24, 2.45) is 5.92 Å². The zero-order valence-electron chi connectivity index (χ0n) is 12.2. The quantitative estimate of drug-likeness (QED) is 0.666. The number of hydrogen-bond acceptors (Lipinski definition) is 1. The molecule has 0 saturated heterocycles. The third-order valence-corrected chi connectivity index (χ3v) is 4.42. The summed E-state index contributed by atoms with van der Waals surface area (Å²) in [7, 11) is 0.